The van der Waals surface area contributed by atoms with Crippen LogP contribution in [0, 0.1) is 11.8 Å². The number of carbonyl (C=O) groups excluding carboxylic acids is 1. The molecule has 16 heavy (non-hydrogen) atoms. The SMILES string of the molecule is O=C(CNCC1CCC(O)C1)NCC1CC1. The van der Waals surface area contributed by atoms with Crippen molar-refractivity contribution in [3.8, 4) is 0 Å². The summed E-state index contributed by atoms with van der Waals surface area (Å²) < 4.78 is 0. The molecule has 0 aliphatic heterocycles. The Morgan fingerprint density at radius 1 is 1.12 bits per heavy atom. The minimum absolute atomic E-state index is 0.102. The zero-order valence-electron chi connectivity index (χ0n) is 9.74. The molecule has 2 aliphatic carbocycles. The van der Waals surface area contributed by atoms with E-state index in [1.807, 2.05) is 0 Å². The number of rotatable bonds is 6. The second-order valence-corrected chi connectivity index (χ2v) is 5.21. The van der Waals surface area contributed by atoms with E-state index in [4.69, 9.17) is 0 Å². The summed E-state index contributed by atoms with van der Waals surface area (Å²) in [5.41, 5.74) is 0. The van der Waals surface area contributed by atoms with Crippen molar-refractivity contribution in [1.29, 1.82) is 0 Å². The standard InChI is InChI=1S/C12H22N2O2/c15-11-4-3-10(5-11)6-13-8-12(16)14-7-9-1-2-9/h9-11,13,15H,1-8H2,(H,14,16). The fourth-order valence-electron chi connectivity index (χ4n) is 2.27. The molecule has 0 bridgehead atoms. The lowest BCUT2D eigenvalue weighted by atomic mass is 10.1. The van der Waals surface area contributed by atoms with E-state index in [0.29, 0.717) is 12.5 Å². The van der Waals surface area contributed by atoms with Crippen molar-refractivity contribution in [2.24, 2.45) is 11.8 Å². The Balaban J connectivity index is 1.48. The molecule has 0 radical (unpaired) electrons. The number of amides is 1. The van der Waals surface area contributed by atoms with Crippen molar-refractivity contribution < 1.29 is 9.90 Å². The van der Waals surface area contributed by atoms with Crippen molar-refractivity contribution in [3.63, 3.8) is 0 Å². The molecule has 92 valence electrons. The summed E-state index contributed by atoms with van der Waals surface area (Å²) in [6, 6.07) is 0. The number of aliphatic hydroxyl groups is 1. The smallest absolute Gasteiger partial charge is 0.233 e. The Morgan fingerprint density at radius 2 is 1.88 bits per heavy atom. The fourth-order valence-corrected chi connectivity index (χ4v) is 2.27. The minimum atomic E-state index is -0.115. The second-order valence-electron chi connectivity index (χ2n) is 5.21. The third-order valence-electron chi connectivity index (χ3n) is 3.52. The molecule has 2 saturated carbocycles. The molecule has 4 nitrogen and oxygen atoms in total. The fraction of sp³-hybridized carbons (Fsp3) is 0.917. The lowest BCUT2D eigenvalue weighted by Gasteiger charge is -2.10. The number of hydrogen-bond acceptors (Lipinski definition) is 3. The molecule has 2 atom stereocenters. The molecule has 0 saturated heterocycles. The van der Waals surface area contributed by atoms with Gasteiger partial charge in [-0.3, -0.25) is 4.79 Å². The van der Waals surface area contributed by atoms with Gasteiger partial charge in [-0.15, -0.1) is 0 Å². The molecular formula is C12H22N2O2. The third kappa shape index (κ3) is 4.10. The molecular weight excluding hydrogens is 204 g/mol. The van der Waals surface area contributed by atoms with Gasteiger partial charge in [-0.25, -0.2) is 0 Å². The zero-order chi connectivity index (χ0) is 11.4. The second kappa shape index (κ2) is 5.64. The average molecular weight is 226 g/mol. The van der Waals surface area contributed by atoms with Gasteiger partial charge in [0, 0.05) is 6.54 Å². The molecule has 0 aromatic carbocycles. The average Bonchev–Trinajstić information content (AvgIpc) is 2.99. The summed E-state index contributed by atoms with van der Waals surface area (Å²) in [6.45, 7) is 2.12. The van der Waals surface area contributed by atoms with E-state index in [0.717, 1.165) is 38.3 Å². The van der Waals surface area contributed by atoms with E-state index in [1.165, 1.54) is 12.8 Å². The number of aliphatic hydroxyl groups excluding tert-OH is 1. The van der Waals surface area contributed by atoms with Crippen LogP contribution in [0.25, 0.3) is 0 Å². The van der Waals surface area contributed by atoms with Gasteiger partial charge >= 0.3 is 0 Å². The Labute approximate surface area is 96.8 Å². The first kappa shape index (κ1) is 11.9. The van der Waals surface area contributed by atoms with E-state index in [2.05, 4.69) is 10.6 Å². The Bertz CT molecular complexity index is 241. The number of nitrogens with one attached hydrogen (secondary N) is 2. The Hall–Kier alpha value is -0.610. The van der Waals surface area contributed by atoms with Gasteiger partial charge in [-0.05, 0) is 50.5 Å². The molecule has 2 fully saturated rings. The first-order valence-corrected chi connectivity index (χ1v) is 6.39. The largest absolute Gasteiger partial charge is 0.393 e. The van der Waals surface area contributed by atoms with Crippen LogP contribution in [-0.4, -0.2) is 36.8 Å². The highest BCUT2D eigenvalue weighted by molar-refractivity contribution is 5.77. The normalized spacial score (nSPS) is 29.3. The predicted octanol–water partition coefficient (Wildman–Crippen LogP) is 0.263. The van der Waals surface area contributed by atoms with Crippen molar-refractivity contribution in [2.45, 2.75) is 38.2 Å². The molecule has 0 heterocycles. The van der Waals surface area contributed by atoms with Crippen molar-refractivity contribution in [2.75, 3.05) is 19.6 Å². The summed E-state index contributed by atoms with van der Waals surface area (Å²) in [5.74, 6) is 1.39. The first-order chi connectivity index (χ1) is 7.74. The lowest BCUT2D eigenvalue weighted by Crippen LogP contribution is -2.36. The highest BCUT2D eigenvalue weighted by atomic mass is 16.3. The number of carbonyl (C=O) groups is 1. The van der Waals surface area contributed by atoms with Crippen molar-refractivity contribution in [1.82, 2.24) is 10.6 Å². The molecule has 2 rings (SSSR count). The minimum Gasteiger partial charge on any atom is -0.393 e. The zero-order valence-corrected chi connectivity index (χ0v) is 9.74. The van der Waals surface area contributed by atoms with Crippen LogP contribution in [0.2, 0.25) is 0 Å². The van der Waals surface area contributed by atoms with Crippen molar-refractivity contribution >= 4 is 5.91 Å². The van der Waals surface area contributed by atoms with Crippen LogP contribution in [0.1, 0.15) is 32.1 Å². The third-order valence-corrected chi connectivity index (χ3v) is 3.52. The Kier molecular flexibility index (Phi) is 4.18. The van der Waals surface area contributed by atoms with Crippen LogP contribution < -0.4 is 10.6 Å². The summed E-state index contributed by atoms with van der Waals surface area (Å²) in [6.07, 6.45) is 5.31. The molecule has 1 amide bonds. The van der Waals surface area contributed by atoms with Gasteiger partial charge in [-0.1, -0.05) is 0 Å². The predicted molar refractivity (Wildman–Crippen MR) is 62.0 cm³/mol. The number of hydrogen-bond donors (Lipinski definition) is 3. The van der Waals surface area contributed by atoms with Crippen molar-refractivity contribution in [3.05, 3.63) is 0 Å². The molecule has 2 unspecified atom stereocenters. The maximum atomic E-state index is 11.4. The van der Waals surface area contributed by atoms with E-state index >= 15 is 0 Å². The van der Waals surface area contributed by atoms with Gasteiger partial charge in [0.2, 0.25) is 5.91 Å². The highest BCUT2D eigenvalue weighted by Crippen LogP contribution is 2.27. The van der Waals surface area contributed by atoms with Crippen LogP contribution in [0.4, 0.5) is 0 Å². The van der Waals surface area contributed by atoms with Crippen LogP contribution >= 0.6 is 0 Å². The van der Waals surface area contributed by atoms with Gasteiger partial charge in [0.1, 0.15) is 0 Å². The van der Waals surface area contributed by atoms with E-state index < -0.39 is 0 Å². The summed E-state index contributed by atoms with van der Waals surface area (Å²) in [7, 11) is 0. The molecule has 0 spiro atoms. The summed E-state index contributed by atoms with van der Waals surface area (Å²) >= 11 is 0. The van der Waals surface area contributed by atoms with Gasteiger partial charge in [0.25, 0.3) is 0 Å². The van der Waals surface area contributed by atoms with E-state index in [9.17, 15) is 9.90 Å². The van der Waals surface area contributed by atoms with Crippen LogP contribution in [-0.2, 0) is 4.79 Å². The topological polar surface area (TPSA) is 61.4 Å². The van der Waals surface area contributed by atoms with Gasteiger partial charge in [0.15, 0.2) is 0 Å². The maximum absolute atomic E-state index is 11.4. The van der Waals surface area contributed by atoms with Gasteiger partial charge in [-0.2, -0.15) is 0 Å². The van der Waals surface area contributed by atoms with E-state index in [1.54, 1.807) is 0 Å². The Morgan fingerprint density at radius 3 is 2.50 bits per heavy atom. The van der Waals surface area contributed by atoms with Gasteiger partial charge in [0.05, 0.1) is 12.6 Å². The summed E-state index contributed by atoms with van der Waals surface area (Å²) in [5, 5.41) is 15.4. The van der Waals surface area contributed by atoms with Crippen LogP contribution in [0.5, 0.6) is 0 Å². The highest BCUT2D eigenvalue weighted by Gasteiger charge is 2.23. The monoisotopic (exact) mass is 226 g/mol. The maximum Gasteiger partial charge on any atom is 0.233 e. The van der Waals surface area contributed by atoms with Crippen LogP contribution in [0.3, 0.4) is 0 Å². The first-order valence-electron chi connectivity index (χ1n) is 6.39. The summed E-state index contributed by atoms with van der Waals surface area (Å²) in [4.78, 5) is 11.4. The molecule has 2 aliphatic rings. The van der Waals surface area contributed by atoms with E-state index in [-0.39, 0.29) is 12.0 Å². The molecule has 4 heteroatoms. The molecule has 3 N–H and O–H groups in total. The molecule has 0 aromatic rings. The van der Waals surface area contributed by atoms with Gasteiger partial charge < -0.3 is 15.7 Å². The lowest BCUT2D eigenvalue weighted by molar-refractivity contribution is -0.120. The van der Waals surface area contributed by atoms with Crippen LogP contribution in [0.15, 0.2) is 0 Å². The quantitative estimate of drug-likeness (QED) is 0.609. The molecule has 0 aromatic heterocycles.